The van der Waals surface area contributed by atoms with Crippen LogP contribution in [0.4, 0.5) is 26.1 Å². The molecule has 0 radical (unpaired) electrons. The highest BCUT2D eigenvalue weighted by atomic mass is 19.1. The minimum atomic E-state index is -0.846. The topological polar surface area (TPSA) is 58.1 Å². The quantitative estimate of drug-likeness (QED) is 0.781. The first-order valence-corrected chi connectivity index (χ1v) is 8.07. The van der Waals surface area contributed by atoms with E-state index < -0.39 is 17.5 Å². The van der Waals surface area contributed by atoms with Gasteiger partial charge in [-0.15, -0.1) is 0 Å². The van der Waals surface area contributed by atoms with Crippen LogP contribution in [0.2, 0.25) is 0 Å². The van der Waals surface area contributed by atoms with Gasteiger partial charge in [-0.2, -0.15) is 0 Å². The number of amides is 1. The van der Waals surface area contributed by atoms with Crippen LogP contribution >= 0.6 is 0 Å². The molecular weight excluding hydrogens is 338 g/mol. The van der Waals surface area contributed by atoms with Crippen molar-refractivity contribution in [1.82, 2.24) is 9.97 Å². The van der Waals surface area contributed by atoms with Crippen LogP contribution in [0.5, 0.6) is 0 Å². The molecule has 0 saturated heterocycles. The SMILES string of the molecule is O=C(Nc1ccc(F)cc1F)c1ccnc(N2CCc3ccccc32)n1. The lowest BCUT2D eigenvalue weighted by Crippen LogP contribution is -2.20. The van der Waals surface area contributed by atoms with Gasteiger partial charge in [0.25, 0.3) is 5.91 Å². The molecule has 1 aliphatic heterocycles. The number of hydrogen-bond acceptors (Lipinski definition) is 4. The smallest absolute Gasteiger partial charge is 0.274 e. The first kappa shape index (κ1) is 16.1. The van der Waals surface area contributed by atoms with Crippen molar-refractivity contribution in [3.63, 3.8) is 0 Å². The number of fused-ring (bicyclic) bond motifs is 1. The second kappa shape index (κ2) is 6.51. The summed E-state index contributed by atoms with van der Waals surface area (Å²) in [6.07, 6.45) is 2.36. The van der Waals surface area contributed by atoms with Crippen LogP contribution in [0.25, 0.3) is 0 Å². The molecule has 0 atom stereocenters. The summed E-state index contributed by atoms with van der Waals surface area (Å²) in [5, 5.41) is 2.40. The van der Waals surface area contributed by atoms with Crippen molar-refractivity contribution < 1.29 is 13.6 Å². The number of benzene rings is 2. The van der Waals surface area contributed by atoms with Crippen molar-refractivity contribution in [2.24, 2.45) is 0 Å². The number of nitrogens with one attached hydrogen (secondary N) is 1. The largest absolute Gasteiger partial charge is 0.318 e. The van der Waals surface area contributed by atoms with E-state index in [2.05, 4.69) is 15.3 Å². The zero-order valence-electron chi connectivity index (χ0n) is 13.6. The van der Waals surface area contributed by atoms with Gasteiger partial charge in [-0.05, 0) is 36.2 Å². The molecule has 2 heterocycles. The van der Waals surface area contributed by atoms with Crippen molar-refractivity contribution in [3.8, 4) is 0 Å². The van der Waals surface area contributed by atoms with Gasteiger partial charge in [-0.1, -0.05) is 18.2 Å². The van der Waals surface area contributed by atoms with Crippen LogP contribution < -0.4 is 10.2 Å². The third-order valence-electron chi connectivity index (χ3n) is 4.18. The van der Waals surface area contributed by atoms with Crippen molar-refractivity contribution in [2.45, 2.75) is 6.42 Å². The number of hydrogen-bond donors (Lipinski definition) is 1. The summed E-state index contributed by atoms with van der Waals surface area (Å²) in [7, 11) is 0. The van der Waals surface area contributed by atoms with E-state index in [1.165, 1.54) is 23.9 Å². The van der Waals surface area contributed by atoms with Gasteiger partial charge in [0, 0.05) is 24.5 Å². The Balaban J connectivity index is 1.59. The predicted molar refractivity (Wildman–Crippen MR) is 93.5 cm³/mol. The fourth-order valence-corrected chi connectivity index (χ4v) is 2.93. The Morgan fingerprint density at radius 3 is 2.81 bits per heavy atom. The molecule has 3 aromatic rings. The van der Waals surface area contributed by atoms with Gasteiger partial charge in [0.15, 0.2) is 0 Å². The Bertz CT molecular complexity index is 993. The van der Waals surface area contributed by atoms with Crippen molar-refractivity contribution in [3.05, 3.63) is 77.6 Å². The van der Waals surface area contributed by atoms with E-state index in [1.807, 2.05) is 29.2 Å². The van der Waals surface area contributed by atoms with Crippen molar-refractivity contribution in [1.29, 1.82) is 0 Å². The molecule has 0 bridgehead atoms. The molecule has 4 rings (SSSR count). The number of anilines is 3. The number of para-hydroxylation sites is 1. The van der Waals surface area contributed by atoms with Crippen LogP contribution in [0, 0.1) is 11.6 Å². The molecule has 130 valence electrons. The minimum absolute atomic E-state index is 0.100. The first-order valence-electron chi connectivity index (χ1n) is 8.07. The van der Waals surface area contributed by atoms with E-state index in [9.17, 15) is 13.6 Å². The number of halogens is 2. The molecule has 1 amide bonds. The van der Waals surface area contributed by atoms with Crippen LogP contribution in [0.15, 0.2) is 54.7 Å². The van der Waals surface area contributed by atoms with Gasteiger partial charge in [0.1, 0.15) is 17.3 Å². The maximum absolute atomic E-state index is 13.7. The number of aromatic nitrogens is 2. The highest BCUT2D eigenvalue weighted by molar-refractivity contribution is 6.03. The number of rotatable bonds is 3. The van der Waals surface area contributed by atoms with E-state index in [1.54, 1.807) is 0 Å². The molecule has 1 N–H and O–H groups in total. The monoisotopic (exact) mass is 352 g/mol. The third kappa shape index (κ3) is 2.99. The molecule has 5 nitrogen and oxygen atoms in total. The molecule has 0 unspecified atom stereocenters. The molecular formula is C19H14F2N4O. The lowest BCUT2D eigenvalue weighted by Gasteiger charge is -2.17. The Morgan fingerprint density at radius 2 is 1.96 bits per heavy atom. The fourth-order valence-electron chi connectivity index (χ4n) is 2.93. The molecule has 1 aliphatic rings. The highest BCUT2D eigenvalue weighted by Crippen LogP contribution is 2.32. The van der Waals surface area contributed by atoms with Crippen LogP contribution in [0.3, 0.4) is 0 Å². The Morgan fingerprint density at radius 1 is 1.12 bits per heavy atom. The molecule has 0 saturated carbocycles. The molecule has 0 aliphatic carbocycles. The fraction of sp³-hybridized carbons (Fsp3) is 0.105. The summed E-state index contributed by atoms with van der Waals surface area (Å²) >= 11 is 0. The van der Waals surface area contributed by atoms with Crippen LogP contribution in [-0.4, -0.2) is 22.4 Å². The number of carbonyl (C=O) groups is 1. The van der Waals surface area contributed by atoms with E-state index in [0.717, 1.165) is 24.7 Å². The second-order valence-corrected chi connectivity index (χ2v) is 5.85. The summed E-state index contributed by atoms with van der Waals surface area (Å²) in [6.45, 7) is 0.719. The lowest BCUT2D eigenvalue weighted by molar-refractivity contribution is 0.102. The van der Waals surface area contributed by atoms with Crippen LogP contribution in [0.1, 0.15) is 16.1 Å². The van der Waals surface area contributed by atoms with Crippen molar-refractivity contribution in [2.75, 3.05) is 16.8 Å². The van der Waals surface area contributed by atoms with Gasteiger partial charge < -0.3 is 10.2 Å². The molecule has 0 spiro atoms. The third-order valence-corrected chi connectivity index (χ3v) is 4.18. The van der Waals surface area contributed by atoms with E-state index in [0.29, 0.717) is 12.0 Å². The maximum atomic E-state index is 13.7. The van der Waals surface area contributed by atoms with Crippen molar-refractivity contribution >= 4 is 23.2 Å². The minimum Gasteiger partial charge on any atom is -0.318 e. The van der Waals surface area contributed by atoms with Crippen LogP contribution in [-0.2, 0) is 6.42 Å². The molecule has 1 aromatic heterocycles. The molecule has 26 heavy (non-hydrogen) atoms. The maximum Gasteiger partial charge on any atom is 0.274 e. The average Bonchev–Trinajstić information content (AvgIpc) is 3.08. The first-order chi connectivity index (χ1) is 12.6. The van der Waals surface area contributed by atoms with E-state index in [-0.39, 0.29) is 11.4 Å². The number of carbonyl (C=O) groups excluding carboxylic acids is 1. The normalized spacial score (nSPS) is 12.8. The summed E-state index contributed by atoms with van der Waals surface area (Å²) in [5.74, 6) is -1.74. The zero-order chi connectivity index (χ0) is 18.1. The van der Waals surface area contributed by atoms with Gasteiger partial charge in [-0.3, -0.25) is 4.79 Å². The van der Waals surface area contributed by atoms with Gasteiger partial charge in [0.2, 0.25) is 5.95 Å². The van der Waals surface area contributed by atoms with E-state index in [4.69, 9.17) is 0 Å². The average molecular weight is 352 g/mol. The summed E-state index contributed by atoms with van der Waals surface area (Å²) < 4.78 is 26.7. The molecule has 2 aromatic carbocycles. The van der Waals surface area contributed by atoms with Gasteiger partial charge >= 0.3 is 0 Å². The van der Waals surface area contributed by atoms with Gasteiger partial charge in [0.05, 0.1) is 5.69 Å². The molecule has 7 heteroatoms. The Labute approximate surface area is 148 Å². The summed E-state index contributed by atoms with van der Waals surface area (Å²) in [5.41, 5.74) is 2.19. The van der Waals surface area contributed by atoms with Gasteiger partial charge in [-0.25, -0.2) is 18.7 Å². The summed E-state index contributed by atoms with van der Waals surface area (Å²) in [6, 6.07) is 12.3. The lowest BCUT2D eigenvalue weighted by atomic mass is 10.2. The highest BCUT2D eigenvalue weighted by Gasteiger charge is 2.22. The Kier molecular flexibility index (Phi) is 4.04. The second-order valence-electron chi connectivity index (χ2n) is 5.85. The number of nitrogens with zero attached hydrogens (tertiary/aromatic N) is 3. The Hall–Kier alpha value is -3.35. The summed E-state index contributed by atoms with van der Waals surface area (Å²) in [4.78, 5) is 22.9. The standard InChI is InChI=1S/C19H14F2N4O/c20-13-5-6-15(14(21)11-13)23-18(26)16-7-9-22-19(24-16)25-10-8-12-3-1-2-4-17(12)25/h1-7,9,11H,8,10H2,(H,23,26). The predicted octanol–water partition coefficient (Wildman–Crippen LogP) is 3.70. The molecule has 0 fully saturated rings. The zero-order valence-corrected chi connectivity index (χ0v) is 13.6. The van der Waals surface area contributed by atoms with E-state index >= 15 is 0 Å².